The van der Waals surface area contributed by atoms with Gasteiger partial charge in [0.1, 0.15) is 0 Å². The second kappa shape index (κ2) is 8.53. The summed E-state index contributed by atoms with van der Waals surface area (Å²) in [5.41, 5.74) is 2.30. The molecular weight excluding hydrogens is 434 g/mol. The molecule has 0 bridgehead atoms. The first kappa shape index (κ1) is 20.9. The van der Waals surface area contributed by atoms with Gasteiger partial charge in [-0.3, -0.25) is 14.3 Å². The maximum Gasteiger partial charge on any atom is 0.254 e. The number of carbonyl (C=O) groups excluding carboxylic acids is 2. The number of carbonyl (C=O) groups is 2. The van der Waals surface area contributed by atoms with Gasteiger partial charge in [0.05, 0.1) is 12.8 Å². The third kappa shape index (κ3) is 6.37. The van der Waals surface area contributed by atoms with Crippen LogP contribution in [0.25, 0.3) is 0 Å². The number of nitrogens with one attached hydrogen (secondary N) is 2. The van der Waals surface area contributed by atoms with E-state index in [1.165, 1.54) is 36.2 Å². The Hall–Kier alpha value is -2.39. The predicted octanol–water partition coefficient (Wildman–Crippen LogP) is 2.84. The molecule has 0 aliphatic heterocycles. The van der Waals surface area contributed by atoms with Gasteiger partial charge < -0.3 is 10.2 Å². The first-order chi connectivity index (χ1) is 12.5. The summed E-state index contributed by atoms with van der Waals surface area (Å²) in [6, 6.07) is 11.5. The molecule has 0 spiro atoms. The first-order valence-electron chi connectivity index (χ1n) is 7.94. The summed E-state index contributed by atoms with van der Waals surface area (Å²) in [6.45, 7) is 1.76. The molecule has 2 rings (SSSR count). The van der Waals surface area contributed by atoms with Crippen molar-refractivity contribution in [2.45, 2.75) is 6.92 Å². The number of rotatable bonds is 6. The summed E-state index contributed by atoms with van der Waals surface area (Å²) in [5, 5.41) is 2.78. The van der Waals surface area contributed by atoms with Gasteiger partial charge in [-0.15, -0.1) is 0 Å². The summed E-state index contributed by atoms with van der Waals surface area (Å²) in [7, 11) is -1.85. The molecule has 144 valence electrons. The van der Waals surface area contributed by atoms with Crippen molar-refractivity contribution in [1.29, 1.82) is 0 Å². The number of sulfonamides is 1. The van der Waals surface area contributed by atoms with Gasteiger partial charge in [-0.25, -0.2) is 8.42 Å². The molecule has 0 heterocycles. The molecule has 0 atom stereocenters. The van der Waals surface area contributed by atoms with E-state index in [4.69, 9.17) is 0 Å². The number of hydrogen-bond acceptors (Lipinski definition) is 4. The average Bonchev–Trinajstić information content (AvgIpc) is 2.56. The Morgan fingerprint density at radius 2 is 1.74 bits per heavy atom. The Labute approximate surface area is 166 Å². The van der Waals surface area contributed by atoms with Gasteiger partial charge >= 0.3 is 0 Å². The van der Waals surface area contributed by atoms with Crippen molar-refractivity contribution in [3.63, 3.8) is 0 Å². The van der Waals surface area contributed by atoms with Crippen LogP contribution in [0.2, 0.25) is 0 Å². The highest BCUT2D eigenvalue weighted by atomic mass is 79.9. The van der Waals surface area contributed by atoms with Gasteiger partial charge in [0, 0.05) is 28.5 Å². The van der Waals surface area contributed by atoms with Crippen molar-refractivity contribution in [1.82, 2.24) is 4.90 Å². The number of nitrogens with zero attached hydrogens (tertiary/aromatic N) is 1. The highest BCUT2D eigenvalue weighted by molar-refractivity contribution is 9.10. The summed E-state index contributed by atoms with van der Waals surface area (Å²) < 4.78 is 25.7. The molecule has 7 nitrogen and oxygen atoms in total. The standard InChI is InChI=1S/C18H20BrN3O4S/c1-12-10-14(19)6-9-16(12)20-17(23)11-22(2)18(24)13-4-7-15(8-5-13)21-27(3,25)26/h4-10,21H,11H2,1-3H3,(H,20,23). The Kier molecular flexibility index (Phi) is 6.61. The third-order valence-corrected chi connectivity index (χ3v) is 4.72. The lowest BCUT2D eigenvalue weighted by atomic mass is 10.2. The van der Waals surface area contributed by atoms with E-state index < -0.39 is 10.0 Å². The Balaban J connectivity index is 1.99. The summed E-state index contributed by atoms with van der Waals surface area (Å²) in [5.74, 6) is -0.657. The van der Waals surface area contributed by atoms with Crippen molar-refractivity contribution >= 4 is 49.1 Å². The van der Waals surface area contributed by atoms with Crippen LogP contribution < -0.4 is 10.0 Å². The lowest BCUT2D eigenvalue weighted by molar-refractivity contribution is -0.116. The number of likely N-dealkylation sites (N-methyl/N-ethyl adjacent to an activating group) is 1. The first-order valence-corrected chi connectivity index (χ1v) is 10.6. The van der Waals surface area contributed by atoms with Crippen molar-refractivity contribution in [3.05, 3.63) is 58.1 Å². The molecule has 0 unspecified atom stereocenters. The fourth-order valence-electron chi connectivity index (χ4n) is 2.36. The maximum absolute atomic E-state index is 12.4. The Morgan fingerprint density at radius 1 is 1.11 bits per heavy atom. The maximum atomic E-state index is 12.4. The monoisotopic (exact) mass is 453 g/mol. The molecule has 0 saturated carbocycles. The number of benzene rings is 2. The Bertz CT molecular complexity index is 959. The zero-order chi connectivity index (χ0) is 20.2. The second-order valence-electron chi connectivity index (χ2n) is 6.12. The normalized spacial score (nSPS) is 11.0. The quantitative estimate of drug-likeness (QED) is 0.702. The van der Waals surface area contributed by atoms with Crippen LogP contribution in [-0.4, -0.2) is 45.0 Å². The van der Waals surface area contributed by atoms with E-state index in [9.17, 15) is 18.0 Å². The van der Waals surface area contributed by atoms with E-state index in [0.717, 1.165) is 16.3 Å². The minimum absolute atomic E-state index is 0.113. The number of halogens is 1. The van der Waals surface area contributed by atoms with Crippen molar-refractivity contribution in [3.8, 4) is 0 Å². The molecule has 2 amide bonds. The van der Waals surface area contributed by atoms with Crippen molar-refractivity contribution in [2.75, 3.05) is 29.9 Å². The van der Waals surface area contributed by atoms with Crippen LogP contribution in [-0.2, 0) is 14.8 Å². The zero-order valence-electron chi connectivity index (χ0n) is 15.1. The number of amides is 2. The Morgan fingerprint density at radius 3 is 2.30 bits per heavy atom. The highest BCUT2D eigenvalue weighted by Gasteiger charge is 2.16. The van der Waals surface area contributed by atoms with Gasteiger partial charge in [0.15, 0.2) is 0 Å². The SMILES string of the molecule is Cc1cc(Br)ccc1NC(=O)CN(C)C(=O)c1ccc(NS(C)(=O)=O)cc1. The molecule has 0 fully saturated rings. The molecule has 27 heavy (non-hydrogen) atoms. The largest absolute Gasteiger partial charge is 0.332 e. The van der Waals surface area contributed by atoms with Gasteiger partial charge in [0.25, 0.3) is 5.91 Å². The topological polar surface area (TPSA) is 95.6 Å². The molecule has 0 saturated heterocycles. The average molecular weight is 454 g/mol. The van der Waals surface area contributed by atoms with Crippen LogP contribution in [0.1, 0.15) is 15.9 Å². The minimum atomic E-state index is -3.38. The highest BCUT2D eigenvalue weighted by Crippen LogP contribution is 2.20. The molecule has 0 aliphatic rings. The van der Waals surface area contributed by atoms with Crippen LogP contribution in [0, 0.1) is 6.92 Å². The lowest BCUT2D eigenvalue weighted by Crippen LogP contribution is -2.35. The van der Waals surface area contributed by atoms with Gasteiger partial charge in [0.2, 0.25) is 15.9 Å². The van der Waals surface area contributed by atoms with Crippen LogP contribution in [0.5, 0.6) is 0 Å². The van der Waals surface area contributed by atoms with Crippen LogP contribution in [0.15, 0.2) is 46.9 Å². The van der Waals surface area contributed by atoms with Crippen molar-refractivity contribution in [2.24, 2.45) is 0 Å². The van der Waals surface area contributed by atoms with Gasteiger partial charge in [-0.2, -0.15) is 0 Å². The molecule has 9 heteroatoms. The fourth-order valence-corrected chi connectivity index (χ4v) is 3.40. The van der Waals surface area contributed by atoms with E-state index in [1.54, 1.807) is 6.07 Å². The van der Waals surface area contributed by atoms with Crippen LogP contribution >= 0.6 is 15.9 Å². The van der Waals surface area contributed by atoms with Crippen LogP contribution in [0.3, 0.4) is 0 Å². The molecule has 2 aromatic rings. The summed E-state index contributed by atoms with van der Waals surface area (Å²) in [6.07, 6.45) is 1.05. The molecule has 2 aromatic carbocycles. The smallest absolute Gasteiger partial charge is 0.254 e. The van der Waals surface area contributed by atoms with Gasteiger partial charge in [-0.1, -0.05) is 15.9 Å². The van der Waals surface area contributed by atoms with Crippen LogP contribution in [0.4, 0.5) is 11.4 Å². The number of hydrogen-bond donors (Lipinski definition) is 2. The molecule has 0 aromatic heterocycles. The molecular formula is C18H20BrN3O4S. The minimum Gasteiger partial charge on any atom is -0.332 e. The predicted molar refractivity (Wildman–Crippen MR) is 109 cm³/mol. The fraction of sp³-hybridized carbons (Fsp3) is 0.222. The van der Waals surface area contributed by atoms with E-state index in [2.05, 4.69) is 26.0 Å². The van der Waals surface area contributed by atoms with Gasteiger partial charge in [-0.05, 0) is 55.0 Å². The van der Waals surface area contributed by atoms with E-state index in [-0.39, 0.29) is 18.4 Å². The summed E-state index contributed by atoms with van der Waals surface area (Å²) in [4.78, 5) is 25.9. The molecule has 2 N–H and O–H groups in total. The van der Waals surface area contributed by atoms with Crippen molar-refractivity contribution < 1.29 is 18.0 Å². The number of aryl methyl sites for hydroxylation is 1. The summed E-state index contributed by atoms with van der Waals surface area (Å²) >= 11 is 3.37. The van der Waals surface area contributed by atoms with E-state index in [0.29, 0.717) is 16.9 Å². The van der Waals surface area contributed by atoms with E-state index >= 15 is 0 Å². The molecule has 0 radical (unpaired) electrons. The third-order valence-electron chi connectivity index (χ3n) is 3.63. The second-order valence-corrected chi connectivity index (χ2v) is 8.78. The zero-order valence-corrected chi connectivity index (χ0v) is 17.5. The molecule has 0 aliphatic carbocycles. The van der Waals surface area contributed by atoms with E-state index in [1.807, 2.05) is 19.1 Å². The number of anilines is 2. The lowest BCUT2D eigenvalue weighted by Gasteiger charge is -2.17.